The Morgan fingerprint density at radius 1 is 1.00 bits per heavy atom. The molecule has 0 bridgehead atoms. The molecule has 0 aromatic heterocycles. The Bertz CT molecular complexity index is 897. The van der Waals surface area contributed by atoms with E-state index in [1.807, 2.05) is 11.9 Å². The van der Waals surface area contributed by atoms with Crippen molar-refractivity contribution in [2.24, 2.45) is 28.6 Å². The molecule has 182 valence electrons. The fourth-order valence-corrected chi connectivity index (χ4v) is 8.86. The Balaban J connectivity index is 1.49. The van der Waals surface area contributed by atoms with Crippen molar-refractivity contribution < 1.29 is 19.1 Å². The zero-order valence-corrected chi connectivity index (χ0v) is 20.7. The molecule has 7 atom stereocenters. The molecular formula is C27H40N2O4. The van der Waals surface area contributed by atoms with Crippen LogP contribution in [0.4, 0.5) is 0 Å². The lowest BCUT2D eigenvalue weighted by molar-refractivity contribution is -0.161. The van der Waals surface area contributed by atoms with Gasteiger partial charge in [-0.3, -0.25) is 9.59 Å². The average molecular weight is 457 g/mol. The Hall–Kier alpha value is -1.85. The van der Waals surface area contributed by atoms with Crippen LogP contribution in [0.3, 0.4) is 0 Å². The van der Waals surface area contributed by atoms with Gasteiger partial charge in [-0.25, -0.2) is 4.79 Å². The SMILES string of the molecule is COC(=O)C1=C(C(=O)NC2C[C@H]3N(C)C(=O)CC[C@]3(C)[C@H]3CC[C@]4(C)CCC[C@H]4[C@H]23)CCC1. The van der Waals surface area contributed by atoms with Crippen LogP contribution in [-0.2, 0) is 19.1 Å². The van der Waals surface area contributed by atoms with Crippen LogP contribution in [-0.4, -0.2) is 48.9 Å². The maximum absolute atomic E-state index is 13.5. The van der Waals surface area contributed by atoms with Crippen LogP contribution >= 0.6 is 0 Å². The summed E-state index contributed by atoms with van der Waals surface area (Å²) in [6, 6.07) is 0.206. The van der Waals surface area contributed by atoms with E-state index in [4.69, 9.17) is 4.74 Å². The van der Waals surface area contributed by atoms with Crippen LogP contribution < -0.4 is 5.32 Å². The van der Waals surface area contributed by atoms with Crippen molar-refractivity contribution in [3.05, 3.63) is 11.1 Å². The van der Waals surface area contributed by atoms with Crippen molar-refractivity contribution in [3.8, 4) is 0 Å². The molecule has 0 spiro atoms. The molecular weight excluding hydrogens is 416 g/mol. The Kier molecular flexibility index (Phi) is 5.64. The van der Waals surface area contributed by atoms with E-state index in [2.05, 4.69) is 19.2 Å². The molecule has 0 aromatic carbocycles. The normalized spacial score (nSPS) is 42.5. The summed E-state index contributed by atoms with van der Waals surface area (Å²) in [7, 11) is 3.34. The summed E-state index contributed by atoms with van der Waals surface area (Å²) in [5.74, 6) is 1.36. The molecule has 1 heterocycles. The molecule has 33 heavy (non-hydrogen) atoms. The number of esters is 1. The summed E-state index contributed by atoms with van der Waals surface area (Å²) in [5.41, 5.74) is 1.65. The van der Waals surface area contributed by atoms with E-state index in [1.165, 1.54) is 39.2 Å². The number of nitrogens with zero attached hydrogens (tertiary/aromatic N) is 1. The Labute approximate surface area is 197 Å². The smallest absolute Gasteiger partial charge is 0.334 e. The van der Waals surface area contributed by atoms with Gasteiger partial charge in [-0.2, -0.15) is 0 Å². The zero-order valence-electron chi connectivity index (χ0n) is 20.7. The van der Waals surface area contributed by atoms with Gasteiger partial charge in [0.15, 0.2) is 0 Å². The van der Waals surface area contributed by atoms with Gasteiger partial charge in [-0.15, -0.1) is 0 Å². The number of nitrogens with one attached hydrogen (secondary N) is 1. The third-order valence-electron chi connectivity index (χ3n) is 10.6. The van der Waals surface area contributed by atoms with Gasteiger partial charge in [0.1, 0.15) is 0 Å². The molecule has 6 nitrogen and oxygen atoms in total. The van der Waals surface area contributed by atoms with Gasteiger partial charge in [0.2, 0.25) is 11.8 Å². The van der Waals surface area contributed by atoms with Crippen molar-refractivity contribution in [1.29, 1.82) is 0 Å². The third kappa shape index (κ3) is 3.46. The lowest BCUT2D eigenvalue weighted by atomic mass is 9.46. The summed E-state index contributed by atoms with van der Waals surface area (Å²) < 4.78 is 4.95. The molecule has 1 N–H and O–H groups in total. The highest BCUT2D eigenvalue weighted by Gasteiger charge is 2.62. The second-order valence-electron chi connectivity index (χ2n) is 12.0. The summed E-state index contributed by atoms with van der Waals surface area (Å²) in [6.45, 7) is 4.89. The minimum Gasteiger partial charge on any atom is -0.466 e. The van der Waals surface area contributed by atoms with Crippen LogP contribution in [0.1, 0.15) is 84.5 Å². The highest BCUT2D eigenvalue weighted by molar-refractivity contribution is 6.03. The number of fused-ring (bicyclic) bond motifs is 5. The van der Waals surface area contributed by atoms with Gasteiger partial charge in [0.05, 0.1) is 7.11 Å². The zero-order chi connectivity index (χ0) is 23.5. The van der Waals surface area contributed by atoms with E-state index >= 15 is 0 Å². The second kappa shape index (κ2) is 8.13. The molecule has 4 aliphatic carbocycles. The van der Waals surface area contributed by atoms with E-state index in [0.29, 0.717) is 53.6 Å². The van der Waals surface area contributed by atoms with Crippen LogP contribution in [0, 0.1) is 28.6 Å². The second-order valence-corrected chi connectivity index (χ2v) is 12.0. The summed E-state index contributed by atoms with van der Waals surface area (Å²) in [6.07, 6.45) is 10.8. The quantitative estimate of drug-likeness (QED) is 0.652. The van der Waals surface area contributed by atoms with Gasteiger partial charge < -0.3 is 15.0 Å². The van der Waals surface area contributed by atoms with E-state index in [-0.39, 0.29) is 35.3 Å². The van der Waals surface area contributed by atoms with Crippen LogP contribution in [0.5, 0.6) is 0 Å². The first kappa shape index (κ1) is 22.9. The number of hydrogen-bond donors (Lipinski definition) is 1. The topological polar surface area (TPSA) is 75.7 Å². The van der Waals surface area contributed by atoms with Gasteiger partial charge in [0, 0.05) is 36.7 Å². The molecule has 4 fully saturated rings. The highest BCUT2D eigenvalue weighted by atomic mass is 16.5. The van der Waals surface area contributed by atoms with Crippen LogP contribution in [0.25, 0.3) is 0 Å². The molecule has 5 aliphatic rings. The first-order chi connectivity index (χ1) is 15.7. The number of piperidine rings is 1. The van der Waals surface area contributed by atoms with Crippen molar-refractivity contribution in [2.45, 2.75) is 96.6 Å². The van der Waals surface area contributed by atoms with E-state index in [9.17, 15) is 14.4 Å². The largest absolute Gasteiger partial charge is 0.466 e. The van der Waals surface area contributed by atoms with Gasteiger partial charge in [-0.05, 0) is 86.4 Å². The number of methoxy groups -OCH3 is 1. The van der Waals surface area contributed by atoms with Crippen molar-refractivity contribution >= 4 is 17.8 Å². The molecule has 5 rings (SSSR count). The average Bonchev–Trinajstić information content (AvgIpc) is 3.44. The summed E-state index contributed by atoms with van der Waals surface area (Å²) in [4.78, 5) is 40.4. The highest BCUT2D eigenvalue weighted by Crippen LogP contribution is 2.64. The van der Waals surface area contributed by atoms with Gasteiger partial charge in [-0.1, -0.05) is 20.3 Å². The van der Waals surface area contributed by atoms with Crippen LogP contribution in [0.15, 0.2) is 11.1 Å². The first-order valence-corrected chi connectivity index (χ1v) is 13.1. The molecule has 1 saturated heterocycles. The molecule has 1 unspecified atom stereocenters. The predicted octanol–water partition coefficient (Wildman–Crippen LogP) is 3.99. The minimum atomic E-state index is -0.370. The van der Waals surface area contributed by atoms with Gasteiger partial charge in [0.25, 0.3) is 0 Å². The third-order valence-corrected chi connectivity index (χ3v) is 10.6. The number of likely N-dealkylation sites (tertiary alicyclic amines) is 1. The molecule has 2 amide bonds. The molecule has 0 radical (unpaired) electrons. The number of hydrogen-bond acceptors (Lipinski definition) is 4. The monoisotopic (exact) mass is 456 g/mol. The summed E-state index contributed by atoms with van der Waals surface area (Å²) in [5, 5.41) is 3.44. The van der Waals surface area contributed by atoms with E-state index < -0.39 is 0 Å². The van der Waals surface area contributed by atoms with Crippen LogP contribution in [0.2, 0.25) is 0 Å². The predicted molar refractivity (Wildman–Crippen MR) is 125 cm³/mol. The van der Waals surface area contributed by atoms with E-state index in [1.54, 1.807) is 0 Å². The maximum atomic E-state index is 13.5. The Morgan fingerprint density at radius 2 is 1.76 bits per heavy atom. The lowest BCUT2D eigenvalue weighted by Gasteiger charge is -2.63. The Morgan fingerprint density at radius 3 is 2.52 bits per heavy atom. The molecule has 0 aromatic rings. The van der Waals surface area contributed by atoms with Crippen molar-refractivity contribution in [1.82, 2.24) is 10.2 Å². The number of carbonyl (C=O) groups excluding carboxylic acids is 3. The number of ether oxygens (including phenoxy) is 1. The number of carbonyl (C=O) groups is 3. The van der Waals surface area contributed by atoms with Gasteiger partial charge >= 0.3 is 5.97 Å². The fraction of sp³-hybridized carbons (Fsp3) is 0.815. The first-order valence-electron chi connectivity index (χ1n) is 13.1. The molecule has 3 saturated carbocycles. The standard InChI is InChI=1S/C27H40N2O4/c1-26-12-6-9-18(26)23-19(10-13-26)27(2)14-11-22(30)29(3)21(27)15-20(23)28-24(31)16-7-5-8-17(16)25(32)33-4/h18-21,23H,5-15H2,1-4H3,(H,28,31)/t18-,19-,20?,21+,23-,26-,27+/m0/s1. The minimum absolute atomic E-state index is 0.0450. The number of amides is 2. The molecule has 1 aliphatic heterocycles. The number of rotatable bonds is 3. The van der Waals surface area contributed by atoms with E-state index in [0.717, 1.165) is 19.3 Å². The molecule has 6 heteroatoms. The summed E-state index contributed by atoms with van der Waals surface area (Å²) >= 11 is 0. The van der Waals surface area contributed by atoms with Crippen molar-refractivity contribution in [3.63, 3.8) is 0 Å². The maximum Gasteiger partial charge on any atom is 0.334 e. The van der Waals surface area contributed by atoms with Crippen molar-refractivity contribution in [2.75, 3.05) is 14.2 Å². The lowest BCUT2D eigenvalue weighted by Crippen LogP contribution is -2.67. The fourth-order valence-electron chi connectivity index (χ4n) is 8.86.